The molecule has 0 aromatic rings. The lowest BCUT2D eigenvalue weighted by atomic mass is 9.95. The minimum absolute atomic E-state index is 0.345. The lowest BCUT2D eigenvalue weighted by Gasteiger charge is -2.10. The van der Waals surface area contributed by atoms with Gasteiger partial charge in [0.15, 0.2) is 0 Å². The summed E-state index contributed by atoms with van der Waals surface area (Å²) in [5.74, 6) is 0.345. The Morgan fingerprint density at radius 3 is 1.74 bits per heavy atom. The van der Waals surface area contributed by atoms with E-state index >= 15 is 0 Å². The van der Waals surface area contributed by atoms with Gasteiger partial charge < -0.3 is 4.79 Å². The van der Waals surface area contributed by atoms with Crippen molar-refractivity contribution in [2.45, 2.75) is 80.1 Å². The van der Waals surface area contributed by atoms with Gasteiger partial charge in [-0.1, -0.05) is 46.6 Å². The highest BCUT2D eigenvalue weighted by Gasteiger charge is 2.04. The van der Waals surface area contributed by atoms with E-state index in [1.807, 2.05) is 0 Å². The molecule has 1 atom stereocenters. The summed E-state index contributed by atoms with van der Waals surface area (Å²) in [6.45, 7) is 12.9. The van der Waals surface area contributed by atoms with Gasteiger partial charge in [0, 0.05) is 6.42 Å². The van der Waals surface area contributed by atoms with Gasteiger partial charge in [-0.25, -0.2) is 0 Å². The number of allylic oxidation sites excluding steroid dienone is 8. The highest BCUT2D eigenvalue weighted by molar-refractivity contribution is 5.50. The minimum Gasteiger partial charge on any atom is -0.303 e. The fourth-order valence-electron chi connectivity index (χ4n) is 2.47. The largest absolute Gasteiger partial charge is 0.303 e. The molecule has 130 valence electrons. The van der Waals surface area contributed by atoms with Crippen LogP contribution >= 0.6 is 0 Å². The topological polar surface area (TPSA) is 17.1 Å². The third-order valence-corrected chi connectivity index (χ3v) is 3.87. The zero-order valence-electron chi connectivity index (χ0n) is 16.1. The van der Waals surface area contributed by atoms with E-state index in [1.54, 1.807) is 0 Å². The molecule has 0 heterocycles. The van der Waals surface area contributed by atoms with E-state index in [0.29, 0.717) is 12.3 Å². The van der Waals surface area contributed by atoms with Crippen molar-refractivity contribution in [1.82, 2.24) is 0 Å². The number of rotatable bonds is 11. The average Bonchev–Trinajstić information content (AvgIpc) is 2.44. The standard InChI is InChI=1S/C22H36O/c1-18(2)9-7-11-20(5)13-14-22(15-16-23)17-21(6)12-8-10-19(3)4/h9-10,13,16-17,22H,7-8,11-12,14-15H2,1-6H3/b20-13+,21-17+. The molecule has 0 aromatic heterocycles. The van der Waals surface area contributed by atoms with Crippen molar-refractivity contribution in [2.75, 3.05) is 0 Å². The van der Waals surface area contributed by atoms with Gasteiger partial charge in [0.25, 0.3) is 0 Å². The van der Waals surface area contributed by atoms with E-state index in [4.69, 9.17) is 0 Å². The third kappa shape index (κ3) is 14.0. The van der Waals surface area contributed by atoms with Crippen molar-refractivity contribution < 1.29 is 4.79 Å². The fraction of sp³-hybridized carbons (Fsp3) is 0.591. The fourth-order valence-corrected chi connectivity index (χ4v) is 2.47. The molecule has 1 nitrogen and oxygen atoms in total. The first-order valence-corrected chi connectivity index (χ1v) is 8.88. The Labute approximate surface area is 144 Å². The highest BCUT2D eigenvalue weighted by Crippen LogP contribution is 2.18. The molecular weight excluding hydrogens is 280 g/mol. The van der Waals surface area contributed by atoms with E-state index in [2.05, 4.69) is 65.8 Å². The van der Waals surface area contributed by atoms with E-state index < -0.39 is 0 Å². The second-order valence-electron chi connectivity index (χ2n) is 7.10. The molecule has 0 aromatic carbocycles. The summed E-state index contributed by atoms with van der Waals surface area (Å²) in [6, 6.07) is 0. The van der Waals surface area contributed by atoms with Crippen molar-refractivity contribution in [3.05, 3.63) is 46.6 Å². The summed E-state index contributed by atoms with van der Waals surface area (Å²) in [6.07, 6.45) is 16.2. The summed E-state index contributed by atoms with van der Waals surface area (Å²) in [5.41, 5.74) is 5.57. The van der Waals surface area contributed by atoms with Crippen molar-refractivity contribution in [2.24, 2.45) is 5.92 Å². The van der Waals surface area contributed by atoms with Crippen LogP contribution in [0.25, 0.3) is 0 Å². The Bertz CT molecular complexity index is 452. The predicted molar refractivity (Wildman–Crippen MR) is 104 cm³/mol. The summed E-state index contributed by atoms with van der Waals surface area (Å²) in [7, 11) is 0. The molecule has 0 amide bonds. The first kappa shape index (κ1) is 21.6. The summed E-state index contributed by atoms with van der Waals surface area (Å²) in [4.78, 5) is 10.9. The maximum atomic E-state index is 10.9. The molecule has 0 saturated carbocycles. The SMILES string of the molecule is CC(C)=CCC/C(C)=C/CC(/C=C(\C)CCC=C(C)C)CC=O. The van der Waals surface area contributed by atoms with Gasteiger partial charge in [0.1, 0.15) is 6.29 Å². The van der Waals surface area contributed by atoms with Gasteiger partial charge in [-0.05, 0) is 79.6 Å². The first-order chi connectivity index (χ1) is 10.8. The number of hydrogen-bond acceptors (Lipinski definition) is 1. The molecular formula is C22H36O. The van der Waals surface area contributed by atoms with Crippen molar-refractivity contribution in [1.29, 1.82) is 0 Å². The second kappa shape index (κ2) is 13.1. The maximum Gasteiger partial charge on any atom is 0.120 e. The predicted octanol–water partition coefficient (Wildman–Crippen LogP) is 6.97. The van der Waals surface area contributed by atoms with Crippen LogP contribution in [0.1, 0.15) is 80.1 Å². The molecule has 0 saturated heterocycles. The van der Waals surface area contributed by atoms with Crippen LogP contribution in [0, 0.1) is 5.92 Å². The van der Waals surface area contributed by atoms with Crippen LogP contribution in [-0.4, -0.2) is 6.29 Å². The molecule has 0 N–H and O–H groups in total. The minimum atomic E-state index is 0.345. The highest BCUT2D eigenvalue weighted by atomic mass is 16.1. The normalized spacial score (nSPS) is 13.5. The van der Waals surface area contributed by atoms with Crippen molar-refractivity contribution in [3.8, 4) is 0 Å². The molecule has 0 aliphatic carbocycles. The van der Waals surface area contributed by atoms with Gasteiger partial charge in [-0.3, -0.25) is 0 Å². The Hall–Kier alpha value is -1.37. The zero-order chi connectivity index (χ0) is 17.7. The van der Waals surface area contributed by atoms with Crippen LogP contribution in [0.4, 0.5) is 0 Å². The van der Waals surface area contributed by atoms with Crippen molar-refractivity contribution >= 4 is 6.29 Å². The van der Waals surface area contributed by atoms with Gasteiger partial charge in [-0.2, -0.15) is 0 Å². The smallest absolute Gasteiger partial charge is 0.120 e. The van der Waals surface area contributed by atoms with Crippen molar-refractivity contribution in [3.63, 3.8) is 0 Å². The number of aldehydes is 1. The lowest BCUT2D eigenvalue weighted by Crippen LogP contribution is -1.98. The van der Waals surface area contributed by atoms with E-state index in [1.165, 1.54) is 22.3 Å². The molecule has 0 aliphatic rings. The quantitative estimate of drug-likeness (QED) is 0.297. The van der Waals surface area contributed by atoms with Crippen LogP contribution in [0.2, 0.25) is 0 Å². The average molecular weight is 317 g/mol. The molecule has 0 rings (SSSR count). The Kier molecular flexibility index (Phi) is 12.3. The Balaban J connectivity index is 4.51. The summed E-state index contributed by atoms with van der Waals surface area (Å²) < 4.78 is 0. The molecule has 0 bridgehead atoms. The van der Waals surface area contributed by atoms with Gasteiger partial charge in [0.05, 0.1) is 0 Å². The molecule has 23 heavy (non-hydrogen) atoms. The maximum absolute atomic E-state index is 10.9. The summed E-state index contributed by atoms with van der Waals surface area (Å²) >= 11 is 0. The molecule has 0 radical (unpaired) electrons. The molecule has 0 spiro atoms. The van der Waals surface area contributed by atoms with Crippen LogP contribution in [0.3, 0.4) is 0 Å². The molecule has 1 heteroatoms. The third-order valence-electron chi connectivity index (χ3n) is 3.87. The number of carbonyl (C=O) groups is 1. The van der Waals surface area contributed by atoms with Gasteiger partial charge in [-0.15, -0.1) is 0 Å². The van der Waals surface area contributed by atoms with Crippen LogP contribution < -0.4 is 0 Å². The summed E-state index contributed by atoms with van der Waals surface area (Å²) in [5, 5.41) is 0. The Morgan fingerprint density at radius 2 is 1.26 bits per heavy atom. The van der Waals surface area contributed by atoms with Crippen LogP contribution in [0.15, 0.2) is 46.6 Å². The number of hydrogen-bond donors (Lipinski definition) is 0. The monoisotopic (exact) mass is 316 g/mol. The number of carbonyl (C=O) groups excluding carboxylic acids is 1. The Morgan fingerprint density at radius 1 is 0.739 bits per heavy atom. The molecule has 0 aliphatic heterocycles. The molecule has 1 unspecified atom stereocenters. The first-order valence-electron chi connectivity index (χ1n) is 8.88. The van der Waals surface area contributed by atoms with Crippen LogP contribution in [-0.2, 0) is 4.79 Å². The van der Waals surface area contributed by atoms with Gasteiger partial charge in [0.2, 0.25) is 0 Å². The lowest BCUT2D eigenvalue weighted by molar-refractivity contribution is -0.108. The van der Waals surface area contributed by atoms with Gasteiger partial charge >= 0.3 is 0 Å². The van der Waals surface area contributed by atoms with E-state index in [9.17, 15) is 4.79 Å². The van der Waals surface area contributed by atoms with E-state index in [0.717, 1.165) is 38.4 Å². The second-order valence-corrected chi connectivity index (χ2v) is 7.10. The zero-order valence-corrected chi connectivity index (χ0v) is 16.1. The molecule has 0 fully saturated rings. The van der Waals surface area contributed by atoms with E-state index in [-0.39, 0.29) is 0 Å². The van der Waals surface area contributed by atoms with Crippen LogP contribution in [0.5, 0.6) is 0 Å².